The molecule has 420 valence electrons. The molecule has 0 fully saturated rings. The smallest absolute Gasteiger partial charge is 0.260 e. The highest BCUT2D eigenvalue weighted by atomic mass is 33.1. The van der Waals surface area contributed by atoms with Crippen LogP contribution in [0.15, 0.2) is 96.1 Å². The van der Waals surface area contributed by atoms with Crippen LogP contribution in [0.25, 0.3) is 0 Å². The van der Waals surface area contributed by atoms with Crippen molar-refractivity contribution in [2.24, 2.45) is 5.10 Å². The second kappa shape index (κ2) is 26.1. The number of carbonyl (C=O) groups excluding carboxylic acids is 3. The number of carbonyl (C=O) groups is 3. The van der Waals surface area contributed by atoms with Crippen LogP contribution >= 0.6 is 21.6 Å². The first-order chi connectivity index (χ1) is 38.3. The second-order valence-electron chi connectivity index (χ2n) is 20.7. The number of likely N-dealkylation sites (N-methyl/N-ethyl adjacent to an activating group) is 2. The maximum Gasteiger partial charge on any atom is 0.260 e. The molecular weight excluding hydrogens is 1040 g/mol. The fourth-order valence-corrected chi connectivity index (χ4v) is 13.3. The third-order valence-electron chi connectivity index (χ3n) is 14.5. The molecule has 0 saturated heterocycles. The third kappa shape index (κ3) is 13.3. The fourth-order valence-electron chi connectivity index (χ4n) is 10.8. The molecule has 0 aromatic heterocycles. The number of para-hydroxylation sites is 2. The third-order valence-corrected chi connectivity index (χ3v) is 17.8. The largest absolute Gasteiger partial charge is 0.493 e. The number of nitrogens with zero attached hydrogens (tertiary/aromatic N) is 6. The van der Waals surface area contributed by atoms with Crippen molar-refractivity contribution in [2.45, 2.75) is 70.1 Å². The van der Waals surface area contributed by atoms with E-state index in [2.05, 4.69) is 69.4 Å². The molecule has 9 rings (SSSR count). The van der Waals surface area contributed by atoms with Crippen LogP contribution in [0.1, 0.15) is 70.2 Å². The number of methoxy groups -OCH3 is 3. The maximum absolute atomic E-state index is 14.4. The second-order valence-corrected chi connectivity index (χ2v) is 23.8. The van der Waals surface area contributed by atoms with Gasteiger partial charge in [-0.25, -0.2) is 5.43 Å². The Balaban J connectivity index is 1.02. The van der Waals surface area contributed by atoms with Gasteiger partial charge < -0.3 is 57.7 Å². The number of fused-ring (bicyclic) bond motifs is 8. The molecule has 3 amide bonds. The lowest BCUT2D eigenvalue weighted by atomic mass is 10.1. The van der Waals surface area contributed by atoms with Gasteiger partial charge in [0.1, 0.15) is 13.2 Å². The standard InChI is InChI=1S/C60H73N7O10S2/c1-9-61-62-57(68)18-25-78-79-60(2,3)39-65(19-20-74-23-24-75-22-21-71-6)44-27-40(37-76-55-33-51-47(31-53(55)72-7)58(69)66-45(35-63(51)4)29-42-14-10-12-16-49(42)66)26-41(28-44)38-77-56-34-52-48(32-54(56)73-8)59(70)67-46(36-64(52)5)30-43-15-11-13-17-50(43)67/h9-17,26-28,31-34,45-46H,18-25,29-30,35-39H2,1-8H3,(H,62,68)/t45-,46-/m0/s1. The fraction of sp³-hybridized carbons (Fsp3) is 0.433. The zero-order chi connectivity index (χ0) is 55.6. The summed E-state index contributed by atoms with van der Waals surface area (Å²) in [5.41, 5.74) is 12.1. The SMILES string of the molecule is CC=NNC(=O)CCSSC(C)(C)CN(CCOCCOCCOC)c1cc(COc2cc3c(cc2OC)C(=O)N2c4ccccc4C[C@H]2CN3C)cc(COc2cc3c(cc2OC)C(=O)N2c4ccccc4C[C@H]2CN3C)c1. The predicted octanol–water partition coefficient (Wildman–Crippen LogP) is 9.06. The molecule has 4 heterocycles. The number of hydrogen-bond donors (Lipinski definition) is 1. The van der Waals surface area contributed by atoms with Crippen molar-refractivity contribution in [1.29, 1.82) is 0 Å². The van der Waals surface area contributed by atoms with E-state index in [9.17, 15) is 14.4 Å². The Kier molecular flexibility index (Phi) is 18.8. The van der Waals surface area contributed by atoms with Crippen LogP contribution in [0.5, 0.6) is 23.0 Å². The van der Waals surface area contributed by atoms with E-state index in [0.29, 0.717) is 106 Å². The average molecular weight is 1120 g/mol. The van der Waals surface area contributed by atoms with Crippen molar-refractivity contribution < 1.29 is 47.5 Å². The normalized spacial score (nSPS) is 16.4. The lowest BCUT2D eigenvalue weighted by molar-refractivity contribution is -0.120. The Hall–Kier alpha value is -6.64. The van der Waals surface area contributed by atoms with E-state index in [1.54, 1.807) is 68.2 Å². The van der Waals surface area contributed by atoms with Crippen LogP contribution in [0.4, 0.5) is 28.4 Å². The number of hydrazone groups is 1. The summed E-state index contributed by atoms with van der Waals surface area (Å²) in [5.74, 6) is 2.26. The minimum atomic E-state index is -0.291. The lowest BCUT2D eigenvalue weighted by Gasteiger charge is -2.34. The summed E-state index contributed by atoms with van der Waals surface area (Å²) in [5, 5.41) is 3.87. The molecule has 4 aliphatic heterocycles. The van der Waals surface area contributed by atoms with Crippen molar-refractivity contribution in [3.8, 4) is 23.0 Å². The summed E-state index contributed by atoms with van der Waals surface area (Å²) < 4.78 is 42.2. The highest BCUT2D eigenvalue weighted by molar-refractivity contribution is 8.77. The Morgan fingerprint density at radius 2 is 1.22 bits per heavy atom. The Labute approximate surface area is 472 Å². The van der Waals surface area contributed by atoms with Crippen molar-refractivity contribution in [1.82, 2.24) is 5.43 Å². The summed E-state index contributed by atoms with van der Waals surface area (Å²) in [4.78, 5) is 51.7. The van der Waals surface area contributed by atoms with Gasteiger partial charge in [0.05, 0.1) is 81.8 Å². The monoisotopic (exact) mass is 1120 g/mol. The van der Waals surface area contributed by atoms with E-state index in [4.69, 9.17) is 33.2 Å². The van der Waals surface area contributed by atoms with E-state index in [1.165, 1.54) is 11.1 Å². The maximum atomic E-state index is 14.4. The molecular formula is C60H73N7O10S2. The van der Waals surface area contributed by atoms with Gasteiger partial charge in [0.15, 0.2) is 23.0 Å². The summed E-state index contributed by atoms with van der Waals surface area (Å²) in [6.07, 6.45) is 3.45. The zero-order valence-electron chi connectivity index (χ0n) is 46.6. The highest BCUT2D eigenvalue weighted by Crippen LogP contribution is 2.45. The van der Waals surface area contributed by atoms with Gasteiger partial charge in [-0.2, -0.15) is 5.10 Å². The number of rotatable bonds is 26. The van der Waals surface area contributed by atoms with Gasteiger partial charge in [-0.3, -0.25) is 14.4 Å². The van der Waals surface area contributed by atoms with E-state index in [0.717, 1.165) is 52.4 Å². The van der Waals surface area contributed by atoms with E-state index in [1.807, 2.05) is 72.4 Å². The van der Waals surface area contributed by atoms with Gasteiger partial charge in [0, 0.05) is 99.7 Å². The van der Waals surface area contributed by atoms with E-state index in [-0.39, 0.29) is 47.8 Å². The molecule has 17 nitrogen and oxygen atoms in total. The van der Waals surface area contributed by atoms with Crippen LogP contribution in [0.2, 0.25) is 0 Å². The Morgan fingerprint density at radius 3 is 1.73 bits per heavy atom. The summed E-state index contributed by atoms with van der Waals surface area (Å²) in [6.45, 7) is 11.2. The first kappa shape index (κ1) is 57.1. The molecule has 0 bridgehead atoms. The predicted molar refractivity (Wildman–Crippen MR) is 316 cm³/mol. The molecule has 0 saturated carbocycles. The van der Waals surface area contributed by atoms with Crippen LogP contribution in [0, 0.1) is 0 Å². The van der Waals surface area contributed by atoms with Gasteiger partial charge in [-0.1, -0.05) is 58.0 Å². The average Bonchev–Trinajstić information content (AvgIpc) is 3.98. The number of nitrogens with one attached hydrogen (secondary N) is 1. The van der Waals surface area contributed by atoms with Crippen LogP contribution in [0.3, 0.4) is 0 Å². The molecule has 4 aliphatic rings. The first-order valence-corrected chi connectivity index (χ1v) is 29.2. The molecule has 19 heteroatoms. The Bertz CT molecular complexity index is 2850. The molecule has 0 aliphatic carbocycles. The molecule has 5 aromatic rings. The summed E-state index contributed by atoms with van der Waals surface area (Å²) in [6, 6.07) is 30.0. The molecule has 0 unspecified atom stereocenters. The summed E-state index contributed by atoms with van der Waals surface area (Å²) in [7, 11) is 12.3. The van der Waals surface area contributed by atoms with Gasteiger partial charge in [-0.05, 0) is 98.3 Å². The Morgan fingerprint density at radius 1 is 0.696 bits per heavy atom. The number of ether oxygens (including phenoxy) is 7. The van der Waals surface area contributed by atoms with Crippen LogP contribution < -0.4 is 48.9 Å². The van der Waals surface area contributed by atoms with Gasteiger partial charge in [-0.15, -0.1) is 0 Å². The molecule has 5 aromatic carbocycles. The van der Waals surface area contributed by atoms with Crippen molar-refractivity contribution >= 4 is 74.0 Å². The van der Waals surface area contributed by atoms with Crippen molar-refractivity contribution in [3.05, 3.63) is 124 Å². The number of amides is 3. The molecule has 0 radical (unpaired) electrons. The number of hydrogen-bond acceptors (Lipinski definition) is 16. The van der Waals surface area contributed by atoms with Gasteiger partial charge in [0.2, 0.25) is 5.91 Å². The first-order valence-electron chi connectivity index (χ1n) is 26.8. The minimum absolute atomic E-state index is 0.0112. The molecule has 79 heavy (non-hydrogen) atoms. The number of anilines is 5. The van der Waals surface area contributed by atoms with E-state index < -0.39 is 0 Å². The zero-order valence-corrected chi connectivity index (χ0v) is 48.2. The van der Waals surface area contributed by atoms with Crippen LogP contribution in [-0.2, 0) is 45.1 Å². The van der Waals surface area contributed by atoms with Crippen molar-refractivity contribution in [3.63, 3.8) is 0 Å². The van der Waals surface area contributed by atoms with E-state index >= 15 is 0 Å². The van der Waals surface area contributed by atoms with Crippen molar-refractivity contribution in [2.75, 3.05) is 125 Å². The lowest BCUT2D eigenvalue weighted by Crippen LogP contribution is -2.41. The minimum Gasteiger partial charge on any atom is -0.493 e. The van der Waals surface area contributed by atoms with Crippen LogP contribution in [-0.4, -0.2) is 141 Å². The molecule has 2 atom stereocenters. The quantitative estimate of drug-likeness (QED) is 0.0242. The van der Waals surface area contributed by atoms with Gasteiger partial charge in [0.25, 0.3) is 11.8 Å². The molecule has 0 spiro atoms. The topological polar surface area (TPSA) is 156 Å². The summed E-state index contributed by atoms with van der Waals surface area (Å²) >= 11 is 0. The number of benzene rings is 5. The molecule has 1 N–H and O–H groups in total. The van der Waals surface area contributed by atoms with Gasteiger partial charge >= 0.3 is 0 Å². The highest BCUT2D eigenvalue weighted by Gasteiger charge is 2.41.